The van der Waals surface area contributed by atoms with E-state index in [1.807, 2.05) is 48.5 Å². The summed E-state index contributed by atoms with van der Waals surface area (Å²) in [6.45, 7) is 0. The molecule has 1 N–H and O–H groups in total. The second kappa shape index (κ2) is 7.51. The summed E-state index contributed by atoms with van der Waals surface area (Å²) in [5.41, 5.74) is 3.27. The first-order valence-electron chi connectivity index (χ1n) is 8.39. The SMILES string of the molecule is O=C(/C=C/c1ccc(F)cc1)Nc1ccccc1-c1nc2ccccc2s1. The van der Waals surface area contributed by atoms with Gasteiger partial charge in [0.1, 0.15) is 10.8 Å². The van der Waals surface area contributed by atoms with Crippen molar-refractivity contribution in [3.63, 3.8) is 0 Å². The molecule has 132 valence electrons. The van der Waals surface area contributed by atoms with Crippen LogP contribution in [0.3, 0.4) is 0 Å². The van der Waals surface area contributed by atoms with Gasteiger partial charge in [-0.2, -0.15) is 0 Å². The van der Waals surface area contributed by atoms with Gasteiger partial charge >= 0.3 is 0 Å². The summed E-state index contributed by atoms with van der Waals surface area (Å²) < 4.78 is 14.0. The van der Waals surface area contributed by atoms with Crippen LogP contribution in [0.25, 0.3) is 26.9 Å². The number of para-hydroxylation sites is 2. The third-order valence-electron chi connectivity index (χ3n) is 4.01. The van der Waals surface area contributed by atoms with Crippen LogP contribution in [0, 0.1) is 5.82 Å². The number of nitrogens with zero attached hydrogens (tertiary/aromatic N) is 1. The Morgan fingerprint density at radius 1 is 0.963 bits per heavy atom. The fraction of sp³-hybridized carbons (Fsp3) is 0. The third-order valence-corrected chi connectivity index (χ3v) is 5.08. The van der Waals surface area contributed by atoms with E-state index in [1.54, 1.807) is 29.5 Å². The first-order valence-corrected chi connectivity index (χ1v) is 9.20. The van der Waals surface area contributed by atoms with Crippen molar-refractivity contribution >= 4 is 39.2 Å². The van der Waals surface area contributed by atoms with E-state index < -0.39 is 0 Å². The Labute approximate surface area is 159 Å². The van der Waals surface area contributed by atoms with Crippen LogP contribution in [0.1, 0.15) is 5.56 Å². The lowest BCUT2D eigenvalue weighted by Gasteiger charge is -2.07. The molecule has 4 rings (SSSR count). The molecule has 0 aliphatic heterocycles. The van der Waals surface area contributed by atoms with Crippen molar-refractivity contribution in [3.8, 4) is 10.6 Å². The summed E-state index contributed by atoms with van der Waals surface area (Å²) in [6, 6.07) is 21.5. The quantitative estimate of drug-likeness (QED) is 0.462. The van der Waals surface area contributed by atoms with Gasteiger partial charge in [-0.05, 0) is 48.0 Å². The zero-order valence-corrected chi connectivity index (χ0v) is 15.0. The molecule has 1 amide bonds. The highest BCUT2D eigenvalue weighted by Crippen LogP contribution is 2.34. The smallest absolute Gasteiger partial charge is 0.248 e. The second-order valence-electron chi connectivity index (χ2n) is 5.91. The fourth-order valence-corrected chi connectivity index (χ4v) is 3.69. The Morgan fingerprint density at radius 2 is 1.70 bits per heavy atom. The normalized spacial score (nSPS) is 11.1. The Hall–Kier alpha value is -3.31. The summed E-state index contributed by atoms with van der Waals surface area (Å²) in [4.78, 5) is 17.0. The van der Waals surface area contributed by atoms with Gasteiger partial charge in [0, 0.05) is 11.6 Å². The number of benzene rings is 3. The van der Waals surface area contributed by atoms with Crippen LogP contribution in [0.15, 0.2) is 78.9 Å². The topological polar surface area (TPSA) is 42.0 Å². The van der Waals surface area contributed by atoms with Crippen molar-refractivity contribution < 1.29 is 9.18 Å². The molecule has 0 radical (unpaired) electrons. The molecule has 0 saturated carbocycles. The van der Waals surface area contributed by atoms with Crippen molar-refractivity contribution in [3.05, 3.63) is 90.3 Å². The van der Waals surface area contributed by atoms with E-state index in [0.29, 0.717) is 5.69 Å². The maximum Gasteiger partial charge on any atom is 0.248 e. The number of aromatic nitrogens is 1. The van der Waals surface area contributed by atoms with E-state index in [9.17, 15) is 9.18 Å². The Morgan fingerprint density at radius 3 is 2.52 bits per heavy atom. The number of amides is 1. The minimum Gasteiger partial charge on any atom is -0.322 e. The average Bonchev–Trinajstić information content (AvgIpc) is 3.12. The molecule has 0 saturated heterocycles. The molecule has 0 aliphatic rings. The predicted octanol–water partition coefficient (Wildman–Crippen LogP) is 5.75. The van der Waals surface area contributed by atoms with Gasteiger partial charge in [0.15, 0.2) is 0 Å². The van der Waals surface area contributed by atoms with Crippen LogP contribution in [-0.2, 0) is 4.79 Å². The van der Waals surface area contributed by atoms with Gasteiger partial charge in [-0.3, -0.25) is 4.79 Å². The van der Waals surface area contributed by atoms with E-state index in [-0.39, 0.29) is 11.7 Å². The monoisotopic (exact) mass is 374 g/mol. The number of thiazole rings is 1. The summed E-state index contributed by atoms with van der Waals surface area (Å²) in [5.74, 6) is -0.561. The standard InChI is InChI=1S/C22H15FN2OS/c23-16-12-9-15(10-13-16)11-14-21(26)24-18-6-2-1-5-17(18)22-25-19-7-3-4-8-20(19)27-22/h1-14H,(H,24,26)/b14-11+. The van der Waals surface area contributed by atoms with E-state index in [0.717, 1.165) is 26.4 Å². The minimum atomic E-state index is -0.304. The molecule has 0 bridgehead atoms. The molecular weight excluding hydrogens is 359 g/mol. The Bertz CT molecular complexity index is 1100. The molecule has 3 aromatic carbocycles. The molecular formula is C22H15FN2OS. The highest BCUT2D eigenvalue weighted by atomic mass is 32.1. The molecule has 5 heteroatoms. The van der Waals surface area contributed by atoms with Crippen molar-refractivity contribution in [1.29, 1.82) is 0 Å². The van der Waals surface area contributed by atoms with Gasteiger partial charge in [-0.15, -0.1) is 11.3 Å². The number of rotatable bonds is 4. The van der Waals surface area contributed by atoms with Crippen LogP contribution in [0.2, 0.25) is 0 Å². The summed E-state index contributed by atoms with van der Waals surface area (Å²) in [6.07, 6.45) is 3.08. The van der Waals surface area contributed by atoms with Crippen LogP contribution < -0.4 is 5.32 Å². The van der Waals surface area contributed by atoms with Gasteiger partial charge in [0.25, 0.3) is 0 Å². The first-order chi connectivity index (χ1) is 13.2. The summed E-state index contributed by atoms with van der Waals surface area (Å²) in [5, 5.41) is 3.76. The van der Waals surface area contributed by atoms with Gasteiger partial charge in [0.2, 0.25) is 5.91 Å². The van der Waals surface area contributed by atoms with Crippen molar-refractivity contribution in [2.75, 3.05) is 5.32 Å². The molecule has 27 heavy (non-hydrogen) atoms. The number of hydrogen-bond acceptors (Lipinski definition) is 3. The molecule has 0 aliphatic carbocycles. The number of fused-ring (bicyclic) bond motifs is 1. The number of anilines is 1. The second-order valence-corrected chi connectivity index (χ2v) is 6.94. The van der Waals surface area contributed by atoms with E-state index in [2.05, 4.69) is 10.3 Å². The largest absolute Gasteiger partial charge is 0.322 e. The number of carbonyl (C=O) groups is 1. The molecule has 0 spiro atoms. The average molecular weight is 374 g/mol. The van der Waals surface area contributed by atoms with Crippen molar-refractivity contribution in [2.24, 2.45) is 0 Å². The highest BCUT2D eigenvalue weighted by molar-refractivity contribution is 7.21. The molecule has 1 heterocycles. The number of nitrogens with one attached hydrogen (secondary N) is 1. The van der Waals surface area contributed by atoms with E-state index in [4.69, 9.17) is 0 Å². The van der Waals surface area contributed by atoms with Crippen LogP contribution in [-0.4, -0.2) is 10.9 Å². The van der Waals surface area contributed by atoms with Gasteiger partial charge < -0.3 is 5.32 Å². The summed E-state index contributed by atoms with van der Waals surface area (Å²) in [7, 11) is 0. The van der Waals surface area contributed by atoms with E-state index >= 15 is 0 Å². The number of carbonyl (C=O) groups excluding carboxylic acids is 1. The minimum absolute atomic E-state index is 0.257. The van der Waals surface area contributed by atoms with Crippen LogP contribution in [0.4, 0.5) is 10.1 Å². The Kier molecular flexibility index (Phi) is 4.77. The molecule has 1 aromatic heterocycles. The number of halogens is 1. The molecule has 0 unspecified atom stereocenters. The van der Waals surface area contributed by atoms with Gasteiger partial charge in [0.05, 0.1) is 15.9 Å². The lowest BCUT2D eigenvalue weighted by Crippen LogP contribution is -2.08. The lowest BCUT2D eigenvalue weighted by atomic mass is 10.1. The van der Waals surface area contributed by atoms with Crippen LogP contribution >= 0.6 is 11.3 Å². The molecule has 0 fully saturated rings. The maximum atomic E-state index is 12.9. The molecule has 4 aromatic rings. The Balaban J connectivity index is 1.57. The predicted molar refractivity (Wildman–Crippen MR) is 109 cm³/mol. The molecule has 0 atom stereocenters. The van der Waals surface area contributed by atoms with Gasteiger partial charge in [-0.25, -0.2) is 9.37 Å². The van der Waals surface area contributed by atoms with E-state index in [1.165, 1.54) is 18.2 Å². The third kappa shape index (κ3) is 3.93. The van der Waals surface area contributed by atoms with Gasteiger partial charge in [-0.1, -0.05) is 36.4 Å². The zero-order chi connectivity index (χ0) is 18.6. The first kappa shape index (κ1) is 17.1. The van der Waals surface area contributed by atoms with Crippen LogP contribution in [0.5, 0.6) is 0 Å². The fourth-order valence-electron chi connectivity index (χ4n) is 2.69. The summed E-state index contributed by atoms with van der Waals surface area (Å²) >= 11 is 1.59. The molecule has 3 nitrogen and oxygen atoms in total. The number of hydrogen-bond donors (Lipinski definition) is 1. The highest BCUT2D eigenvalue weighted by Gasteiger charge is 2.11. The zero-order valence-electron chi connectivity index (χ0n) is 14.2. The lowest BCUT2D eigenvalue weighted by molar-refractivity contribution is -0.111. The maximum absolute atomic E-state index is 12.9. The van der Waals surface area contributed by atoms with Crippen molar-refractivity contribution in [1.82, 2.24) is 4.98 Å². The van der Waals surface area contributed by atoms with Crippen molar-refractivity contribution in [2.45, 2.75) is 0 Å².